The molecule has 0 aliphatic rings. The van der Waals surface area contributed by atoms with Crippen molar-refractivity contribution in [2.45, 2.75) is 6.92 Å². The van der Waals surface area contributed by atoms with E-state index in [9.17, 15) is 4.79 Å². The molecule has 13 heavy (non-hydrogen) atoms. The molecule has 1 N–H and O–H groups in total. The second-order valence-electron chi connectivity index (χ2n) is 2.52. The van der Waals surface area contributed by atoms with Gasteiger partial charge in [-0.05, 0) is 12.1 Å². The summed E-state index contributed by atoms with van der Waals surface area (Å²) in [6, 6.07) is 6.59. The molecule has 0 aliphatic carbocycles. The third kappa shape index (κ3) is 2.29. The molecule has 0 radical (unpaired) electrons. The van der Waals surface area contributed by atoms with Crippen LogP contribution in [0.2, 0.25) is 5.02 Å². The Labute approximate surface area is 80.6 Å². The van der Waals surface area contributed by atoms with E-state index in [0.29, 0.717) is 10.6 Å². The van der Waals surface area contributed by atoms with E-state index in [-0.39, 0.29) is 11.5 Å². The zero-order valence-corrected chi connectivity index (χ0v) is 7.75. The maximum atomic E-state index is 11.0. The lowest BCUT2D eigenvalue weighted by Gasteiger charge is -1.99. The molecule has 4 heteroatoms. The van der Waals surface area contributed by atoms with E-state index in [1.807, 2.05) is 0 Å². The van der Waals surface area contributed by atoms with Gasteiger partial charge in [0, 0.05) is 17.5 Å². The first-order valence-corrected chi connectivity index (χ1v) is 4.02. The number of halogens is 1. The van der Waals surface area contributed by atoms with E-state index in [0.717, 1.165) is 0 Å². The summed E-state index contributed by atoms with van der Waals surface area (Å²) in [5, 5.41) is 12.0. The summed E-state index contributed by atoms with van der Waals surface area (Å²) in [7, 11) is 0. The number of rotatable bonds is 2. The number of Topliss-reactive ketones (excluding diaryl/α,β-unsaturated/α-hetero) is 1. The van der Waals surface area contributed by atoms with Crippen molar-refractivity contribution in [3.63, 3.8) is 0 Å². The Morgan fingerprint density at radius 3 is 2.69 bits per heavy atom. The maximum absolute atomic E-state index is 11.0. The SMILES string of the molecule is CC(=O)/C(=N\O)c1cccc(Cl)c1. The first-order valence-electron chi connectivity index (χ1n) is 3.64. The predicted octanol–water partition coefficient (Wildman–Crippen LogP) is 2.11. The number of ketones is 1. The number of carbonyl (C=O) groups excluding carboxylic acids is 1. The van der Waals surface area contributed by atoms with Crippen molar-refractivity contribution in [2.75, 3.05) is 0 Å². The Kier molecular flexibility index (Phi) is 3.03. The zero-order valence-electron chi connectivity index (χ0n) is 6.99. The van der Waals surface area contributed by atoms with Crippen LogP contribution in [-0.4, -0.2) is 16.7 Å². The summed E-state index contributed by atoms with van der Waals surface area (Å²) in [5.74, 6) is -0.301. The topological polar surface area (TPSA) is 49.7 Å². The van der Waals surface area contributed by atoms with Crippen molar-refractivity contribution < 1.29 is 10.0 Å². The van der Waals surface area contributed by atoms with Gasteiger partial charge in [0.15, 0.2) is 11.5 Å². The van der Waals surface area contributed by atoms with Gasteiger partial charge in [0.05, 0.1) is 0 Å². The number of hydrogen-bond donors (Lipinski definition) is 1. The van der Waals surface area contributed by atoms with Crippen LogP contribution in [0.15, 0.2) is 29.4 Å². The number of benzene rings is 1. The number of carbonyl (C=O) groups is 1. The van der Waals surface area contributed by atoms with E-state index in [4.69, 9.17) is 16.8 Å². The molecule has 1 aromatic rings. The Morgan fingerprint density at radius 2 is 2.23 bits per heavy atom. The molecule has 0 spiro atoms. The van der Waals surface area contributed by atoms with E-state index in [2.05, 4.69) is 5.16 Å². The molecule has 0 amide bonds. The van der Waals surface area contributed by atoms with Crippen molar-refractivity contribution in [1.29, 1.82) is 0 Å². The van der Waals surface area contributed by atoms with Crippen LogP contribution in [0.3, 0.4) is 0 Å². The van der Waals surface area contributed by atoms with Gasteiger partial charge in [0.1, 0.15) is 0 Å². The summed E-state index contributed by atoms with van der Waals surface area (Å²) in [6.45, 7) is 1.33. The summed E-state index contributed by atoms with van der Waals surface area (Å²) < 4.78 is 0. The highest BCUT2D eigenvalue weighted by atomic mass is 35.5. The fourth-order valence-electron chi connectivity index (χ4n) is 0.967. The zero-order chi connectivity index (χ0) is 9.84. The van der Waals surface area contributed by atoms with Gasteiger partial charge in [0.2, 0.25) is 0 Å². The minimum atomic E-state index is -0.301. The van der Waals surface area contributed by atoms with Gasteiger partial charge in [-0.15, -0.1) is 0 Å². The van der Waals surface area contributed by atoms with Crippen molar-refractivity contribution in [1.82, 2.24) is 0 Å². The molecule has 0 unspecified atom stereocenters. The number of nitrogens with zero attached hydrogens (tertiary/aromatic N) is 1. The molecule has 0 bridgehead atoms. The lowest BCUT2D eigenvalue weighted by Crippen LogP contribution is -2.11. The van der Waals surface area contributed by atoms with Crippen molar-refractivity contribution >= 4 is 23.1 Å². The molecule has 0 heterocycles. The lowest BCUT2D eigenvalue weighted by molar-refractivity contribution is -0.111. The van der Waals surface area contributed by atoms with Crippen LogP contribution in [0.25, 0.3) is 0 Å². The smallest absolute Gasteiger partial charge is 0.182 e. The summed E-state index contributed by atoms with van der Waals surface area (Å²) in [4.78, 5) is 11.0. The quantitative estimate of drug-likeness (QED) is 0.449. The van der Waals surface area contributed by atoms with Gasteiger partial charge in [-0.1, -0.05) is 28.9 Å². The lowest BCUT2D eigenvalue weighted by atomic mass is 10.1. The summed E-state index contributed by atoms with van der Waals surface area (Å²) in [5.41, 5.74) is 0.532. The Hall–Kier alpha value is -1.35. The van der Waals surface area contributed by atoms with Crippen LogP contribution in [0, 0.1) is 0 Å². The largest absolute Gasteiger partial charge is 0.410 e. The van der Waals surface area contributed by atoms with Crippen LogP contribution >= 0.6 is 11.6 Å². The van der Waals surface area contributed by atoms with E-state index < -0.39 is 0 Å². The Morgan fingerprint density at radius 1 is 1.54 bits per heavy atom. The van der Waals surface area contributed by atoms with Crippen molar-refractivity contribution in [3.8, 4) is 0 Å². The first kappa shape index (κ1) is 9.74. The molecule has 1 aromatic carbocycles. The molecule has 0 saturated heterocycles. The summed E-state index contributed by atoms with van der Waals surface area (Å²) >= 11 is 5.70. The Balaban J connectivity index is 3.14. The standard InChI is InChI=1S/C9H8ClNO2/c1-6(12)9(11-13)7-3-2-4-8(10)5-7/h2-5,13H,1H3/b11-9+. The molecule has 0 saturated carbocycles. The van der Waals surface area contributed by atoms with Crippen molar-refractivity contribution in [2.24, 2.45) is 5.16 Å². The second kappa shape index (κ2) is 4.05. The molecule has 68 valence electrons. The maximum Gasteiger partial charge on any atom is 0.182 e. The van der Waals surface area contributed by atoms with E-state index in [1.54, 1.807) is 24.3 Å². The first-order chi connectivity index (χ1) is 6.15. The fraction of sp³-hybridized carbons (Fsp3) is 0.111. The highest BCUT2D eigenvalue weighted by molar-refractivity contribution is 6.45. The third-order valence-electron chi connectivity index (χ3n) is 1.53. The van der Waals surface area contributed by atoms with Crippen LogP contribution in [-0.2, 0) is 4.79 Å². The van der Waals surface area contributed by atoms with Gasteiger partial charge in [-0.3, -0.25) is 4.79 Å². The second-order valence-corrected chi connectivity index (χ2v) is 2.95. The summed E-state index contributed by atoms with van der Waals surface area (Å²) in [6.07, 6.45) is 0. The fourth-order valence-corrected chi connectivity index (χ4v) is 1.16. The molecular formula is C9H8ClNO2. The molecule has 0 aromatic heterocycles. The molecule has 0 aliphatic heterocycles. The third-order valence-corrected chi connectivity index (χ3v) is 1.77. The van der Waals surface area contributed by atoms with Gasteiger partial charge >= 0.3 is 0 Å². The van der Waals surface area contributed by atoms with Crippen LogP contribution in [0.1, 0.15) is 12.5 Å². The molecule has 3 nitrogen and oxygen atoms in total. The molecule has 0 atom stereocenters. The van der Waals surface area contributed by atoms with Gasteiger partial charge in [-0.25, -0.2) is 0 Å². The van der Waals surface area contributed by atoms with Gasteiger partial charge in [-0.2, -0.15) is 0 Å². The Bertz CT molecular complexity index is 360. The highest BCUT2D eigenvalue weighted by Gasteiger charge is 2.09. The monoisotopic (exact) mass is 197 g/mol. The van der Waals surface area contributed by atoms with Crippen LogP contribution < -0.4 is 0 Å². The molecule has 0 fully saturated rings. The highest BCUT2D eigenvalue weighted by Crippen LogP contribution is 2.11. The van der Waals surface area contributed by atoms with Crippen LogP contribution in [0.5, 0.6) is 0 Å². The minimum Gasteiger partial charge on any atom is -0.410 e. The molecule has 1 rings (SSSR count). The predicted molar refractivity (Wildman–Crippen MR) is 50.5 cm³/mol. The average Bonchev–Trinajstić information content (AvgIpc) is 2.04. The minimum absolute atomic E-state index is 0.0162. The molecular weight excluding hydrogens is 190 g/mol. The number of hydrogen-bond acceptors (Lipinski definition) is 3. The van der Waals surface area contributed by atoms with Crippen LogP contribution in [0.4, 0.5) is 0 Å². The van der Waals surface area contributed by atoms with Crippen molar-refractivity contribution in [3.05, 3.63) is 34.9 Å². The van der Waals surface area contributed by atoms with E-state index >= 15 is 0 Å². The van der Waals surface area contributed by atoms with Gasteiger partial charge < -0.3 is 5.21 Å². The number of oxime groups is 1. The van der Waals surface area contributed by atoms with E-state index in [1.165, 1.54) is 6.92 Å². The van der Waals surface area contributed by atoms with Gasteiger partial charge in [0.25, 0.3) is 0 Å². The normalized spacial score (nSPS) is 11.4. The average molecular weight is 198 g/mol.